The van der Waals surface area contributed by atoms with Crippen molar-refractivity contribution < 1.29 is 19.5 Å². The summed E-state index contributed by atoms with van der Waals surface area (Å²) in [6, 6.07) is 6.57. The van der Waals surface area contributed by atoms with E-state index in [-0.39, 0.29) is 23.3 Å². The third-order valence-electron chi connectivity index (χ3n) is 7.60. The Labute approximate surface area is 216 Å². The summed E-state index contributed by atoms with van der Waals surface area (Å²) in [5.74, 6) is -1.47. The molecular formula is C29H45N3O4. The number of rotatable bonds is 9. The van der Waals surface area contributed by atoms with Crippen LogP contribution in [0.25, 0.3) is 0 Å². The smallest absolute Gasteiger partial charge is 0.331 e. The molecular weight excluding hydrogens is 454 g/mol. The number of fused-ring (bicyclic) bond motifs is 1. The summed E-state index contributed by atoms with van der Waals surface area (Å²) < 4.78 is 0. The molecule has 0 fully saturated rings. The van der Waals surface area contributed by atoms with Crippen LogP contribution in [0.2, 0.25) is 0 Å². The van der Waals surface area contributed by atoms with E-state index in [0.717, 1.165) is 19.3 Å². The first kappa shape index (κ1) is 29.6. The van der Waals surface area contributed by atoms with Crippen LogP contribution >= 0.6 is 0 Å². The van der Waals surface area contributed by atoms with Gasteiger partial charge in [-0.15, -0.1) is 0 Å². The van der Waals surface area contributed by atoms with Gasteiger partial charge in [0.05, 0.1) is 12.1 Å². The van der Waals surface area contributed by atoms with Gasteiger partial charge in [-0.05, 0) is 55.7 Å². The van der Waals surface area contributed by atoms with E-state index >= 15 is 0 Å². The molecule has 1 aliphatic rings. The van der Waals surface area contributed by atoms with Gasteiger partial charge in [0.25, 0.3) is 0 Å². The van der Waals surface area contributed by atoms with Crippen LogP contribution in [-0.2, 0) is 26.2 Å². The van der Waals surface area contributed by atoms with Gasteiger partial charge in [-0.25, -0.2) is 4.79 Å². The molecule has 7 nitrogen and oxygen atoms in total. The van der Waals surface area contributed by atoms with Crippen LogP contribution in [0.15, 0.2) is 35.9 Å². The normalized spacial score (nSPS) is 20.8. The predicted octanol–water partition coefficient (Wildman–Crippen LogP) is 3.91. The third kappa shape index (κ3) is 6.36. The lowest BCUT2D eigenvalue weighted by atomic mass is 9.66. The first-order valence-corrected chi connectivity index (χ1v) is 12.9. The van der Waals surface area contributed by atoms with Crippen molar-refractivity contribution in [2.75, 3.05) is 14.1 Å². The molecule has 0 aromatic heterocycles. The van der Waals surface area contributed by atoms with Crippen LogP contribution in [0.5, 0.6) is 0 Å². The SMILES string of the molecule is CN[C@@H](C(=O)N[C@H](C(=O)N(C)[C@H](C=C(C)C(=O)O)C(C)C)C(C)(C)C)C1(C)CCCc2ccccc21. The average Bonchev–Trinajstić information content (AvgIpc) is 2.79. The maximum absolute atomic E-state index is 13.8. The molecule has 1 aromatic rings. The molecule has 3 N–H and O–H groups in total. The largest absolute Gasteiger partial charge is 0.478 e. The van der Waals surface area contributed by atoms with Crippen molar-refractivity contribution in [1.29, 1.82) is 0 Å². The number of amides is 2. The molecule has 0 saturated carbocycles. The summed E-state index contributed by atoms with van der Waals surface area (Å²) in [5.41, 5.74) is 1.66. The number of aryl methyl sites for hydroxylation is 1. The molecule has 36 heavy (non-hydrogen) atoms. The molecule has 1 unspecified atom stereocenters. The van der Waals surface area contributed by atoms with Gasteiger partial charge in [0, 0.05) is 18.0 Å². The Balaban J connectivity index is 2.39. The van der Waals surface area contributed by atoms with E-state index in [4.69, 9.17) is 0 Å². The quantitative estimate of drug-likeness (QED) is 0.448. The van der Waals surface area contributed by atoms with Crippen molar-refractivity contribution in [3.05, 3.63) is 47.0 Å². The minimum atomic E-state index is -1.01. The van der Waals surface area contributed by atoms with Crippen molar-refractivity contribution >= 4 is 17.8 Å². The number of carbonyl (C=O) groups is 3. The van der Waals surface area contributed by atoms with Crippen LogP contribution < -0.4 is 10.6 Å². The maximum Gasteiger partial charge on any atom is 0.331 e. The molecule has 4 atom stereocenters. The average molecular weight is 500 g/mol. The molecule has 1 aromatic carbocycles. The van der Waals surface area contributed by atoms with E-state index in [9.17, 15) is 19.5 Å². The van der Waals surface area contributed by atoms with Gasteiger partial charge < -0.3 is 20.6 Å². The van der Waals surface area contributed by atoms with Gasteiger partial charge in [-0.3, -0.25) is 9.59 Å². The van der Waals surface area contributed by atoms with Gasteiger partial charge in [-0.1, -0.05) is 71.9 Å². The van der Waals surface area contributed by atoms with Crippen LogP contribution in [-0.4, -0.2) is 60.0 Å². The summed E-state index contributed by atoms with van der Waals surface area (Å²) in [6.07, 6.45) is 4.47. The molecule has 2 amide bonds. The Morgan fingerprint density at radius 3 is 2.31 bits per heavy atom. The number of nitrogens with one attached hydrogen (secondary N) is 2. The van der Waals surface area contributed by atoms with Crippen molar-refractivity contribution in [2.24, 2.45) is 11.3 Å². The van der Waals surface area contributed by atoms with Gasteiger partial charge in [0.1, 0.15) is 6.04 Å². The number of nitrogens with zero attached hydrogens (tertiary/aromatic N) is 1. The Morgan fingerprint density at radius 2 is 1.78 bits per heavy atom. The second kappa shape index (κ2) is 11.6. The highest BCUT2D eigenvalue weighted by atomic mass is 16.4. The lowest BCUT2D eigenvalue weighted by Gasteiger charge is -2.43. The topological polar surface area (TPSA) is 98.7 Å². The van der Waals surface area contributed by atoms with Crippen molar-refractivity contribution in [1.82, 2.24) is 15.5 Å². The summed E-state index contributed by atoms with van der Waals surface area (Å²) in [4.78, 5) is 40.6. The number of likely N-dealkylation sites (N-methyl/N-ethyl adjacent to an activating group) is 2. The van der Waals surface area contributed by atoms with Gasteiger partial charge in [0.15, 0.2) is 0 Å². The van der Waals surface area contributed by atoms with Crippen molar-refractivity contribution in [3.63, 3.8) is 0 Å². The van der Waals surface area contributed by atoms with E-state index in [2.05, 4.69) is 29.7 Å². The summed E-state index contributed by atoms with van der Waals surface area (Å²) in [5, 5.41) is 15.7. The second-order valence-corrected chi connectivity index (χ2v) is 11.8. The highest BCUT2D eigenvalue weighted by Crippen LogP contribution is 2.40. The molecule has 7 heteroatoms. The molecule has 0 aliphatic heterocycles. The Kier molecular flexibility index (Phi) is 9.52. The van der Waals surface area contributed by atoms with Gasteiger partial charge in [0.2, 0.25) is 11.8 Å². The van der Waals surface area contributed by atoms with E-state index in [1.165, 1.54) is 18.1 Å². The van der Waals surface area contributed by atoms with E-state index in [0.29, 0.717) is 0 Å². The molecule has 200 valence electrons. The lowest BCUT2D eigenvalue weighted by molar-refractivity contribution is -0.141. The first-order chi connectivity index (χ1) is 16.6. The zero-order chi connectivity index (χ0) is 27.4. The molecule has 2 rings (SSSR count). The van der Waals surface area contributed by atoms with Crippen LogP contribution in [0.3, 0.4) is 0 Å². The van der Waals surface area contributed by atoms with E-state index in [1.54, 1.807) is 25.1 Å². The van der Waals surface area contributed by atoms with E-state index < -0.39 is 34.9 Å². The Bertz CT molecular complexity index is 994. The molecule has 0 saturated heterocycles. The highest BCUT2D eigenvalue weighted by molar-refractivity contribution is 5.92. The van der Waals surface area contributed by atoms with Gasteiger partial charge in [-0.2, -0.15) is 0 Å². The van der Waals surface area contributed by atoms with Crippen molar-refractivity contribution in [2.45, 2.75) is 91.3 Å². The number of aliphatic carboxylic acids is 1. The van der Waals surface area contributed by atoms with Crippen molar-refractivity contribution in [3.8, 4) is 0 Å². The lowest BCUT2D eigenvalue weighted by Crippen LogP contribution is -2.62. The minimum absolute atomic E-state index is 0.00715. The predicted molar refractivity (Wildman–Crippen MR) is 144 cm³/mol. The van der Waals surface area contributed by atoms with Crippen LogP contribution in [0.4, 0.5) is 0 Å². The molecule has 0 bridgehead atoms. The summed E-state index contributed by atoms with van der Waals surface area (Å²) in [6.45, 7) is 13.3. The number of carboxylic acids is 1. The number of hydrogen-bond donors (Lipinski definition) is 3. The Morgan fingerprint density at radius 1 is 1.17 bits per heavy atom. The monoisotopic (exact) mass is 499 g/mol. The highest BCUT2D eigenvalue weighted by Gasteiger charge is 2.45. The van der Waals surface area contributed by atoms with E-state index in [1.807, 2.05) is 46.8 Å². The Hall–Kier alpha value is -2.67. The fourth-order valence-corrected chi connectivity index (χ4v) is 5.42. The fraction of sp³-hybridized carbons (Fsp3) is 0.621. The number of hydrogen-bond acceptors (Lipinski definition) is 4. The standard InChI is InChI=1S/C29H45N3O4/c1-18(2)22(17-19(3)27(35)36)32(9)26(34)24(28(4,5)6)31-25(33)23(30-8)29(7)16-12-14-20-13-10-11-15-21(20)29/h10-11,13,15,17-18,22-24,30H,12,14,16H2,1-9H3,(H,31,33)(H,35,36)/t22-,23+,24-,29?/m1/s1. The number of carbonyl (C=O) groups excluding carboxylic acids is 2. The number of carboxylic acid groups (broad SMARTS) is 1. The summed E-state index contributed by atoms with van der Waals surface area (Å²) in [7, 11) is 3.47. The summed E-state index contributed by atoms with van der Waals surface area (Å²) >= 11 is 0. The first-order valence-electron chi connectivity index (χ1n) is 12.9. The van der Waals surface area contributed by atoms with Gasteiger partial charge >= 0.3 is 5.97 Å². The maximum atomic E-state index is 13.8. The molecule has 0 heterocycles. The molecule has 1 aliphatic carbocycles. The van der Waals surface area contributed by atoms with Crippen LogP contribution in [0, 0.1) is 11.3 Å². The number of benzene rings is 1. The second-order valence-electron chi connectivity index (χ2n) is 11.8. The molecule has 0 radical (unpaired) electrons. The third-order valence-corrected chi connectivity index (χ3v) is 7.60. The fourth-order valence-electron chi connectivity index (χ4n) is 5.42. The van der Waals surface area contributed by atoms with Crippen LogP contribution in [0.1, 0.15) is 72.4 Å². The molecule has 0 spiro atoms. The zero-order valence-electron chi connectivity index (χ0n) is 23.4. The zero-order valence-corrected chi connectivity index (χ0v) is 23.4. The minimum Gasteiger partial charge on any atom is -0.478 e.